The van der Waals surface area contributed by atoms with Crippen molar-refractivity contribution in [2.75, 3.05) is 0 Å². The van der Waals surface area contributed by atoms with Crippen molar-refractivity contribution in [3.8, 4) is 11.3 Å². The molecule has 0 radical (unpaired) electrons. The summed E-state index contributed by atoms with van der Waals surface area (Å²) >= 11 is 1.81. The largest absolute Gasteiger partial charge is 0.256 e. The molecule has 1 nitrogen and oxygen atoms in total. The number of thiophene rings is 1. The Labute approximate surface area is 164 Å². The van der Waals surface area contributed by atoms with Gasteiger partial charge in [0.05, 0.1) is 5.69 Å². The lowest BCUT2D eigenvalue weighted by Gasteiger charge is -2.13. The summed E-state index contributed by atoms with van der Waals surface area (Å²) in [5, 5.41) is 2.55. The lowest BCUT2D eigenvalue weighted by atomic mass is 9.92. The summed E-state index contributed by atoms with van der Waals surface area (Å²) in [4.78, 5) is 4.66. The van der Waals surface area contributed by atoms with Gasteiger partial charge in [-0.25, -0.2) is 0 Å². The monoisotopic (exact) mass is 366 g/mol. The first kappa shape index (κ1) is 15.1. The van der Waals surface area contributed by atoms with Gasteiger partial charge in [-0.2, -0.15) is 0 Å². The lowest BCUT2D eigenvalue weighted by molar-refractivity contribution is 0.918. The van der Waals surface area contributed by atoms with Crippen LogP contribution in [0, 0.1) is 0 Å². The topological polar surface area (TPSA) is 12.9 Å². The molecule has 0 fully saturated rings. The maximum atomic E-state index is 8.99. The smallest absolute Gasteiger partial charge is 0.0719 e. The van der Waals surface area contributed by atoms with Crippen molar-refractivity contribution >= 4 is 31.5 Å². The number of nitrogens with zero attached hydrogens (tertiary/aromatic N) is 1. The Hall–Kier alpha value is -2.97. The molecule has 0 bridgehead atoms. The normalized spacial score (nSPS) is 14.2. The Balaban J connectivity index is 1.68. The molecule has 0 N–H and O–H groups in total. The second-order valence-corrected chi connectivity index (χ2v) is 7.75. The van der Waals surface area contributed by atoms with Gasteiger partial charge in [-0.3, -0.25) is 4.98 Å². The van der Waals surface area contributed by atoms with E-state index in [2.05, 4.69) is 53.5 Å². The third-order valence-electron chi connectivity index (χ3n) is 5.08. The highest BCUT2D eigenvalue weighted by atomic mass is 32.1. The highest BCUT2D eigenvalue weighted by Gasteiger charge is 2.13. The Morgan fingerprint density at radius 1 is 0.815 bits per heavy atom. The minimum absolute atomic E-state index is 0.826. The first-order valence-corrected chi connectivity index (χ1v) is 9.89. The standard InChI is InChI=1S/C25H19NS/c1-17(18-8-3-2-4-9-18)19-14-15-26-23(16-19)22-12-7-11-21-20-10-5-6-13-24(20)27-25(21)22/h2-17H,1H3/i17D. The molecule has 0 amide bonds. The summed E-state index contributed by atoms with van der Waals surface area (Å²) < 4.78 is 11.5. The van der Waals surface area contributed by atoms with Crippen LogP contribution in [0.1, 0.15) is 25.3 Å². The number of hydrogen-bond donors (Lipinski definition) is 0. The van der Waals surface area contributed by atoms with Crippen molar-refractivity contribution in [1.82, 2.24) is 4.98 Å². The molecule has 0 saturated carbocycles. The second kappa shape index (κ2) is 6.64. The van der Waals surface area contributed by atoms with E-state index in [1.165, 1.54) is 20.2 Å². The predicted molar refractivity (Wildman–Crippen MR) is 117 cm³/mol. The fourth-order valence-electron chi connectivity index (χ4n) is 3.61. The molecule has 0 aliphatic rings. The summed E-state index contributed by atoms with van der Waals surface area (Å²) in [6.07, 6.45) is 1.83. The highest BCUT2D eigenvalue weighted by Crippen LogP contribution is 2.39. The van der Waals surface area contributed by atoms with Crippen molar-refractivity contribution < 1.29 is 1.37 Å². The molecule has 2 heterocycles. The van der Waals surface area contributed by atoms with Crippen molar-refractivity contribution in [2.45, 2.75) is 12.8 Å². The third-order valence-corrected chi connectivity index (χ3v) is 6.30. The van der Waals surface area contributed by atoms with E-state index in [9.17, 15) is 0 Å². The van der Waals surface area contributed by atoms with E-state index in [-0.39, 0.29) is 0 Å². The zero-order valence-corrected chi connectivity index (χ0v) is 15.8. The Kier molecular flexibility index (Phi) is 3.72. The van der Waals surface area contributed by atoms with Gasteiger partial charge in [0.25, 0.3) is 0 Å². The summed E-state index contributed by atoms with van der Waals surface area (Å²) in [6, 6.07) is 28.9. The zero-order valence-electron chi connectivity index (χ0n) is 16.0. The summed E-state index contributed by atoms with van der Waals surface area (Å²) in [5.41, 5.74) is 3.97. The average molecular weight is 367 g/mol. The Bertz CT molecular complexity index is 1290. The van der Waals surface area contributed by atoms with Gasteiger partial charge in [0.2, 0.25) is 0 Å². The maximum absolute atomic E-state index is 8.99. The number of rotatable bonds is 3. The molecule has 0 aliphatic heterocycles. The molecule has 0 aliphatic carbocycles. The zero-order chi connectivity index (χ0) is 19.1. The maximum Gasteiger partial charge on any atom is 0.0719 e. The van der Waals surface area contributed by atoms with Crippen LogP contribution in [0.25, 0.3) is 31.4 Å². The first-order chi connectivity index (χ1) is 13.6. The van der Waals surface area contributed by atoms with Gasteiger partial charge >= 0.3 is 0 Å². The second-order valence-electron chi connectivity index (χ2n) is 6.70. The van der Waals surface area contributed by atoms with Crippen LogP contribution < -0.4 is 0 Å². The lowest BCUT2D eigenvalue weighted by Crippen LogP contribution is -1.97. The van der Waals surface area contributed by atoms with E-state index >= 15 is 0 Å². The fourth-order valence-corrected chi connectivity index (χ4v) is 4.84. The highest BCUT2D eigenvalue weighted by molar-refractivity contribution is 7.26. The number of benzene rings is 3. The summed E-state index contributed by atoms with van der Waals surface area (Å²) in [7, 11) is 0. The van der Waals surface area contributed by atoms with Crippen molar-refractivity contribution in [3.63, 3.8) is 0 Å². The van der Waals surface area contributed by atoms with Crippen molar-refractivity contribution in [3.05, 3.63) is 102 Å². The Morgan fingerprint density at radius 3 is 2.48 bits per heavy atom. The van der Waals surface area contributed by atoms with Crippen LogP contribution >= 0.6 is 11.3 Å². The van der Waals surface area contributed by atoms with E-state index < -0.39 is 5.89 Å². The van der Waals surface area contributed by atoms with Crippen LogP contribution in [0.5, 0.6) is 0 Å². The van der Waals surface area contributed by atoms with Crippen LogP contribution in [-0.4, -0.2) is 4.98 Å². The van der Waals surface area contributed by atoms with E-state index in [1.54, 1.807) is 11.3 Å². The van der Waals surface area contributed by atoms with Gasteiger partial charge in [0.1, 0.15) is 0 Å². The van der Waals surface area contributed by atoms with E-state index in [4.69, 9.17) is 1.37 Å². The van der Waals surface area contributed by atoms with Crippen LogP contribution in [-0.2, 0) is 0 Å². The Morgan fingerprint density at radius 2 is 1.59 bits per heavy atom. The molecular weight excluding hydrogens is 346 g/mol. The van der Waals surface area contributed by atoms with Crippen LogP contribution in [0.3, 0.4) is 0 Å². The number of fused-ring (bicyclic) bond motifs is 3. The molecule has 3 aromatic carbocycles. The van der Waals surface area contributed by atoms with Gasteiger partial charge < -0.3 is 0 Å². The molecular formula is C25H19NS. The third kappa shape index (κ3) is 2.83. The fraction of sp³-hybridized carbons (Fsp3) is 0.0800. The number of aromatic nitrogens is 1. The first-order valence-electron chi connectivity index (χ1n) is 9.57. The van der Waals surface area contributed by atoms with Gasteiger partial charge in [0.15, 0.2) is 0 Å². The van der Waals surface area contributed by atoms with E-state index in [1.807, 2.05) is 49.5 Å². The van der Waals surface area contributed by atoms with Crippen molar-refractivity contribution in [1.29, 1.82) is 0 Å². The summed E-state index contributed by atoms with van der Waals surface area (Å²) in [6.45, 7) is 1.95. The van der Waals surface area contributed by atoms with E-state index in [0.29, 0.717) is 0 Å². The molecule has 130 valence electrons. The minimum Gasteiger partial charge on any atom is -0.256 e. The molecule has 1 unspecified atom stereocenters. The molecule has 27 heavy (non-hydrogen) atoms. The molecule has 1 atom stereocenters. The molecule has 5 rings (SSSR count). The molecule has 0 saturated heterocycles. The van der Waals surface area contributed by atoms with E-state index in [0.717, 1.165) is 22.4 Å². The van der Waals surface area contributed by atoms with Crippen LogP contribution in [0.4, 0.5) is 0 Å². The number of pyridine rings is 1. The minimum atomic E-state index is -0.826. The van der Waals surface area contributed by atoms with Gasteiger partial charge in [-0.1, -0.05) is 73.7 Å². The predicted octanol–water partition coefficient (Wildman–Crippen LogP) is 7.27. The van der Waals surface area contributed by atoms with Gasteiger partial charge in [-0.15, -0.1) is 11.3 Å². The van der Waals surface area contributed by atoms with Gasteiger partial charge in [0, 0.05) is 39.2 Å². The van der Waals surface area contributed by atoms with Crippen LogP contribution in [0.15, 0.2) is 91.1 Å². The SMILES string of the molecule is [2H]C(C)(c1ccccc1)c1ccnc(-c2cccc3c2sc2ccccc23)c1. The summed E-state index contributed by atoms with van der Waals surface area (Å²) in [5.74, 6) is -0.826. The average Bonchev–Trinajstić information content (AvgIpc) is 3.13. The number of hydrogen-bond acceptors (Lipinski definition) is 2. The molecule has 5 aromatic rings. The molecule has 0 spiro atoms. The van der Waals surface area contributed by atoms with Crippen molar-refractivity contribution in [2.24, 2.45) is 0 Å². The molecule has 2 heteroatoms. The molecule has 2 aromatic heterocycles. The quantitative estimate of drug-likeness (QED) is 0.327. The van der Waals surface area contributed by atoms with Gasteiger partial charge in [-0.05, 0) is 29.3 Å². The van der Waals surface area contributed by atoms with Crippen LogP contribution in [0.2, 0.25) is 0 Å².